The molecular formula is C8H3BrF3NS. The Bertz CT molecular complexity index is 396. The zero-order valence-electron chi connectivity index (χ0n) is 6.60. The molecule has 6 heteroatoms. The van der Waals surface area contributed by atoms with Gasteiger partial charge < -0.3 is 0 Å². The van der Waals surface area contributed by atoms with Gasteiger partial charge in [-0.2, -0.15) is 18.2 Å². The van der Waals surface area contributed by atoms with Gasteiger partial charge in [-0.05, 0) is 30.4 Å². The van der Waals surface area contributed by atoms with Crippen LogP contribution in [0.2, 0.25) is 0 Å². The lowest BCUT2D eigenvalue weighted by Crippen LogP contribution is -2.05. The van der Waals surface area contributed by atoms with E-state index in [0.29, 0.717) is 5.69 Å². The van der Waals surface area contributed by atoms with Crippen LogP contribution in [-0.4, -0.2) is 5.16 Å². The van der Waals surface area contributed by atoms with Gasteiger partial charge in [0.25, 0.3) is 0 Å². The molecule has 0 radical (unpaired) electrons. The molecule has 0 amide bonds. The van der Waals surface area contributed by atoms with Gasteiger partial charge in [0.05, 0.1) is 16.4 Å². The monoisotopic (exact) mass is 281 g/mol. The van der Waals surface area contributed by atoms with E-state index in [4.69, 9.17) is 0 Å². The molecule has 0 spiro atoms. The summed E-state index contributed by atoms with van der Waals surface area (Å²) in [6.07, 6.45) is -4.36. The number of nitrogens with zero attached hydrogens (tertiary/aromatic N) is 1. The number of halogens is 4. The summed E-state index contributed by atoms with van der Waals surface area (Å²) in [5, 5.41) is 2.08. The summed E-state index contributed by atoms with van der Waals surface area (Å²) in [5.41, 5.74) is -0.402. The van der Waals surface area contributed by atoms with Crippen molar-refractivity contribution >= 4 is 39.0 Å². The molecule has 0 aliphatic heterocycles. The Morgan fingerprint density at radius 3 is 2.43 bits per heavy atom. The lowest BCUT2D eigenvalue weighted by Gasteiger charge is -2.08. The minimum absolute atomic E-state index is 0.0588. The minimum Gasteiger partial charge on any atom is -0.195 e. The van der Waals surface area contributed by atoms with Crippen LogP contribution < -0.4 is 0 Å². The molecule has 0 aliphatic rings. The van der Waals surface area contributed by atoms with Gasteiger partial charge in [0.2, 0.25) is 0 Å². The lowest BCUT2D eigenvalue weighted by molar-refractivity contribution is -0.138. The van der Waals surface area contributed by atoms with Crippen molar-refractivity contribution in [1.82, 2.24) is 0 Å². The van der Waals surface area contributed by atoms with Crippen LogP contribution in [-0.2, 0) is 6.18 Å². The molecule has 1 aromatic rings. The molecule has 0 fully saturated rings. The Kier molecular flexibility index (Phi) is 3.42. The topological polar surface area (TPSA) is 12.4 Å². The van der Waals surface area contributed by atoms with E-state index in [2.05, 4.69) is 38.3 Å². The Balaban J connectivity index is 3.20. The van der Waals surface area contributed by atoms with Crippen molar-refractivity contribution in [2.24, 2.45) is 4.99 Å². The van der Waals surface area contributed by atoms with Crippen LogP contribution in [0.5, 0.6) is 0 Å². The van der Waals surface area contributed by atoms with Crippen LogP contribution in [0.3, 0.4) is 0 Å². The van der Waals surface area contributed by atoms with E-state index in [9.17, 15) is 13.2 Å². The molecule has 0 N–H and O–H groups in total. The third kappa shape index (κ3) is 2.64. The van der Waals surface area contributed by atoms with Gasteiger partial charge in [0.15, 0.2) is 0 Å². The number of thiocarbonyl (C=S) groups is 1. The van der Waals surface area contributed by atoms with Gasteiger partial charge in [0, 0.05) is 4.47 Å². The largest absolute Gasteiger partial charge is 0.417 e. The third-order valence-electron chi connectivity index (χ3n) is 1.43. The van der Waals surface area contributed by atoms with E-state index in [1.165, 1.54) is 12.1 Å². The van der Waals surface area contributed by atoms with Crippen LogP contribution >= 0.6 is 28.1 Å². The molecule has 0 saturated carbocycles. The highest BCUT2D eigenvalue weighted by Crippen LogP contribution is 2.36. The second-order valence-electron chi connectivity index (χ2n) is 2.36. The van der Waals surface area contributed by atoms with Gasteiger partial charge in [-0.15, -0.1) is 0 Å². The van der Waals surface area contributed by atoms with Crippen LogP contribution in [0.25, 0.3) is 0 Å². The van der Waals surface area contributed by atoms with Gasteiger partial charge in [-0.3, -0.25) is 0 Å². The fourth-order valence-electron chi connectivity index (χ4n) is 0.856. The predicted molar refractivity (Wildman–Crippen MR) is 53.8 cm³/mol. The molecular weight excluding hydrogens is 279 g/mol. The van der Waals surface area contributed by atoms with E-state index in [0.717, 1.165) is 6.07 Å². The zero-order valence-corrected chi connectivity index (χ0v) is 9.00. The minimum atomic E-state index is -4.36. The Morgan fingerprint density at radius 1 is 1.36 bits per heavy atom. The SMILES string of the molecule is FC(F)(F)c1ccc(N=C=S)cc1Br. The highest BCUT2D eigenvalue weighted by Gasteiger charge is 2.32. The quantitative estimate of drug-likeness (QED) is 0.555. The average Bonchev–Trinajstić information content (AvgIpc) is 2.02. The second-order valence-corrected chi connectivity index (χ2v) is 3.40. The zero-order chi connectivity index (χ0) is 10.8. The van der Waals surface area contributed by atoms with Crippen molar-refractivity contribution in [2.45, 2.75) is 6.18 Å². The molecule has 74 valence electrons. The second kappa shape index (κ2) is 4.21. The highest BCUT2D eigenvalue weighted by molar-refractivity contribution is 9.10. The number of aliphatic imine (C=N–C) groups is 1. The smallest absolute Gasteiger partial charge is 0.195 e. The van der Waals surface area contributed by atoms with Crippen LogP contribution in [0.15, 0.2) is 27.7 Å². The summed E-state index contributed by atoms with van der Waals surface area (Å²) in [7, 11) is 0. The first kappa shape index (κ1) is 11.4. The molecule has 1 nitrogen and oxygen atoms in total. The highest BCUT2D eigenvalue weighted by atomic mass is 79.9. The fourth-order valence-corrected chi connectivity index (χ4v) is 1.55. The summed E-state index contributed by atoms with van der Waals surface area (Å²) in [6.45, 7) is 0. The first-order valence-electron chi connectivity index (χ1n) is 3.40. The summed E-state index contributed by atoms with van der Waals surface area (Å²) >= 11 is 7.14. The lowest BCUT2D eigenvalue weighted by atomic mass is 10.2. The number of hydrogen-bond acceptors (Lipinski definition) is 2. The third-order valence-corrected chi connectivity index (χ3v) is 2.18. The van der Waals surface area contributed by atoms with E-state index >= 15 is 0 Å². The molecule has 14 heavy (non-hydrogen) atoms. The maximum absolute atomic E-state index is 12.3. The maximum atomic E-state index is 12.3. The van der Waals surface area contributed by atoms with E-state index in [1.54, 1.807) is 0 Å². The normalized spacial score (nSPS) is 10.9. The summed E-state index contributed by atoms with van der Waals surface area (Å²) in [4.78, 5) is 3.56. The molecule has 0 atom stereocenters. The van der Waals surface area contributed by atoms with Crippen molar-refractivity contribution in [3.63, 3.8) is 0 Å². The van der Waals surface area contributed by atoms with E-state index < -0.39 is 11.7 Å². The van der Waals surface area contributed by atoms with Gasteiger partial charge in [-0.1, -0.05) is 15.9 Å². The number of hydrogen-bond donors (Lipinski definition) is 0. The number of isothiocyanates is 1. The molecule has 0 heterocycles. The Hall–Kier alpha value is -0.710. The van der Waals surface area contributed by atoms with Crippen molar-refractivity contribution in [3.05, 3.63) is 28.2 Å². The standard InChI is InChI=1S/C8H3BrF3NS/c9-7-3-5(13-4-14)1-2-6(7)8(10,11)12/h1-3H. The number of alkyl halides is 3. The number of benzene rings is 1. The van der Waals surface area contributed by atoms with Gasteiger partial charge >= 0.3 is 6.18 Å². The molecule has 0 bridgehead atoms. The first-order valence-corrected chi connectivity index (χ1v) is 4.60. The summed E-state index contributed by atoms with van der Waals surface area (Å²) < 4.78 is 36.7. The van der Waals surface area contributed by atoms with E-state index in [-0.39, 0.29) is 4.47 Å². The maximum Gasteiger partial charge on any atom is 0.417 e. The van der Waals surface area contributed by atoms with Crippen molar-refractivity contribution in [1.29, 1.82) is 0 Å². The molecule has 0 aliphatic carbocycles. The molecule has 0 aromatic heterocycles. The van der Waals surface area contributed by atoms with Crippen LogP contribution in [0.4, 0.5) is 18.9 Å². The van der Waals surface area contributed by atoms with Crippen molar-refractivity contribution < 1.29 is 13.2 Å². The van der Waals surface area contributed by atoms with Crippen LogP contribution in [0.1, 0.15) is 5.56 Å². The Morgan fingerprint density at radius 2 is 2.00 bits per heavy atom. The van der Waals surface area contributed by atoms with Gasteiger partial charge in [0.1, 0.15) is 0 Å². The average molecular weight is 282 g/mol. The summed E-state index contributed by atoms with van der Waals surface area (Å²) in [6, 6.07) is 3.41. The van der Waals surface area contributed by atoms with Gasteiger partial charge in [-0.25, -0.2) is 0 Å². The summed E-state index contributed by atoms with van der Waals surface area (Å²) in [5.74, 6) is 0. The molecule has 1 aromatic carbocycles. The predicted octanol–water partition coefficient (Wildman–Crippen LogP) is 4.20. The van der Waals surface area contributed by atoms with Crippen molar-refractivity contribution in [2.75, 3.05) is 0 Å². The Labute approximate surface area is 91.8 Å². The molecule has 0 saturated heterocycles. The van der Waals surface area contributed by atoms with Crippen LogP contribution in [0, 0.1) is 0 Å². The molecule has 0 unspecified atom stereocenters. The molecule has 1 rings (SSSR count). The fraction of sp³-hybridized carbons (Fsp3) is 0.125. The van der Waals surface area contributed by atoms with Crippen molar-refractivity contribution in [3.8, 4) is 0 Å². The number of rotatable bonds is 1. The van der Waals surface area contributed by atoms with E-state index in [1.807, 2.05) is 0 Å². The first-order chi connectivity index (χ1) is 6.45.